The van der Waals surface area contributed by atoms with Crippen LogP contribution in [0.2, 0.25) is 0 Å². The highest BCUT2D eigenvalue weighted by atomic mass is 79.9. The van der Waals surface area contributed by atoms with Gasteiger partial charge in [-0.2, -0.15) is 0 Å². The molecule has 0 saturated heterocycles. The van der Waals surface area contributed by atoms with Gasteiger partial charge in [0.2, 0.25) is 0 Å². The summed E-state index contributed by atoms with van der Waals surface area (Å²) in [5.74, 6) is 0.893. The Kier molecular flexibility index (Phi) is 2.74. The number of hydrogen-bond donors (Lipinski definition) is 1. The Bertz CT molecular complexity index is 522. The summed E-state index contributed by atoms with van der Waals surface area (Å²) in [4.78, 5) is 3.44. The van der Waals surface area contributed by atoms with E-state index in [1.165, 1.54) is 5.69 Å². The Morgan fingerprint density at radius 3 is 2.50 bits per heavy atom. The molecule has 2 aromatic rings. The number of halogens is 1. The van der Waals surface area contributed by atoms with Gasteiger partial charge in [0.25, 0.3) is 0 Å². The summed E-state index contributed by atoms with van der Waals surface area (Å²) in [5.41, 5.74) is 2.46. The van der Waals surface area contributed by atoms with E-state index >= 15 is 0 Å². The molecule has 2 nitrogen and oxygen atoms in total. The van der Waals surface area contributed by atoms with Crippen molar-refractivity contribution >= 4 is 26.8 Å². The van der Waals surface area contributed by atoms with E-state index in [-0.39, 0.29) is 5.41 Å². The molecule has 0 radical (unpaired) electrons. The second-order valence-electron chi connectivity index (χ2n) is 4.97. The molecular formula is C13H16BrNO. The molecule has 0 unspecified atom stereocenters. The van der Waals surface area contributed by atoms with Crippen molar-refractivity contribution in [1.82, 2.24) is 4.98 Å². The molecule has 0 aliphatic rings. The summed E-state index contributed by atoms with van der Waals surface area (Å²) >= 11 is 3.50. The molecule has 1 aromatic heterocycles. The van der Waals surface area contributed by atoms with Crippen LogP contribution in [-0.2, 0) is 5.41 Å². The highest BCUT2D eigenvalue weighted by molar-refractivity contribution is 9.10. The monoisotopic (exact) mass is 281 g/mol. The zero-order valence-electron chi connectivity index (χ0n) is 10.0. The van der Waals surface area contributed by atoms with Gasteiger partial charge in [-0.1, -0.05) is 20.8 Å². The minimum Gasteiger partial charge on any atom is -0.495 e. The average molecular weight is 282 g/mol. The number of ether oxygens (including phenoxy) is 1. The van der Waals surface area contributed by atoms with E-state index in [2.05, 4.69) is 53.8 Å². The van der Waals surface area contributed by atoms with E-state index in [0.717, 1.165) is 21.1 Å². The predicted molar refractivity (Wildman–Crippen MR) is 71.3 cm³/mol. The molecule has 1 heterocycles. The van der Waals surface area contributed by atoms with Crippen LogP contribution >= 0.6 is 15.9 Å². The van der Waals surface area contributed by atoms with Gasteiger partial charge in [-0.15, -0.1) is 0 Å². The minimum absolute atomic E-state index is 0.122. The smallest absolute Gasteiger partial charge is 0.142 e. The molecule has 0 atom stereocenters. The quantitative estimate of drug-likeness (QED) is 0.831. The van der Waals surface area contributed by atoms with Crippen LogP contribution in [0.1, 0.15) is 26.5 Å². The van der Waals surface area contributed by atoms with E-state index in [4.69, 9.17) is 4.74 Å². The van der Waals surface area contributed by atoms with Crippen molar-refractivity contribution < 1.29 is 4.74 Å². The van der Waals surface area contributed by atoms with Crippen LogP contribution in [0.5, 0.6) is 5.75 Å². The number of fused-ring (bicyclic) bond motifs is 1. The summed E-state index contributed by atoms with van der Waals surface area (Å²) in [6, 6.07) is 6.24. The fourth-order valence-corrected chi connectivity index (χ4v) is 2.27. The lowest BCUT2D eigenvalue weighted by atomic mass is 9.92. The SMILES string of the molecule is COc1c(Br)ccc2[nH]c(C(C)(C)C)cc12. The van der Waals surface area contributed by atoms with Crippen LogP contribution in [-0.4, -0.2) is 12.1 Å². The van der Waals surface area contributed by atoms with E-state index in [9.17, 15) is 0 Å². The maximum Gasteiger partial charge on any atom is 0.142 e. The first-order valence-electron chi connectivity index (χ1n) is 5.29. The van der Waals surface area contributed by atoms with Crippen LogP contribution in [0, 0.1) is 0 Å². The van der Waals surface area contributed by atoms with Gasteiger partial charge in [0.15, 0.2) is 0 Å². The Morgan fingerprint density at radius 1 is 1.25 bits per heavy atom. The number of hydrogen-bond acceptors (Lipinski definition) is 1. The molecule has 1 N–H and O–H groups in total. The summed E-state index contributed by atoms with van der Waals surface area (Å²) in [6.07, 6.45) is 0. The molecule has 2 rings (SSSR count). The van der Waals surface area contributed by atoms with Crippen molar-refractivity contribution in [2.24, 2.45) is 0 Å². The maximum atomic E-state index is 5.42. The first-order valence-corrected chi connectivity index (χ1v) is 6.08. The molecule has 86 valence electrons. The summed E-state index contributed by atoms with van der Waals surface area (Å²) in [6.45, 7) is 6.58. The molecule has 0 aliphatic carbocycles. The Balaban J connectivity index is 2.71. The molecule has 0 fully saturated rings. The first-order chi connectivity index (χ1) is 7.43. The average Bonchev–Trinajstić information content (AvgIpc) is 2.60. The second kappa shape index (κ2) is 3.81. The second-order valence-corrected chi connectivity index (χ2v) is 5.83. The Hall–Kier alpha value is -0.960. The Labute approximate surface area is 104 Å². The minimum atomic E-state index is 0.122. The molecule has 0 spiro atoms. The van der Waals surface area contributed by atoms with E-state index in [1.54, 1.807) is 7.11 Å². The van der Waals surface area contributed by atoms with Crippen LogP contribution in [0.4, 0.5) is 0 Å². The van der Waals surface area contributed by atoms with Crippen molar-refractivity contribution in [3.05, 3.63) is 28.4 Å². The van der Waals surface area contributed by atoms with Crippen molar-refractivity contribution in [3.63, 3.8) is 0 Å². The molecule has 3 heteroatoms. The highest BCUT2D eigenvalue weighted by Crippen LogP contribution is 2.36. The van der Waals surface area contributed by atoms with Gasteiger partial charge in [0.05, 0.1) is 11.6 Å². The molecule has 0 bridgehead atoms. The van der Waals surface area contributed by atoms with Crippen LogP contribution < -0.4 is 4.74 Å². The predicted octanol–water partition coefficient (Wildman–Crippen LogP) is 4.24. The maximum absolute atomic E-state index is 5.42. The third-order valence-corrected chi connectivity index (χ3v) is 3.34. The van der Waals surface area contributed by atoms with Crippen molar-refractivity contribution in [1.29, 1.82) is 0 Å². The zero-order valence-corrected chi connectivity index (χ0v) is 11.6. The number of benzene rings is 1. The number of aromatic nitrogens is 1. The lowest BCUT2D eigenvalue weighted by Gasteiger charge is -2.15. The fourth-order valence-electron chi connectivity index (χ4n) is 1.76. The summed E-state index contributed by atoms with van der Waals surface area (Å²) in [7, 11) is 1.70. The van der Waals surface area contributed by atoms with Gasteiger partial charge >= 0.3 is 0 Å². The third-order valence-electron chi connectivity index (χ3n) is 2.72. The van der Waals surface area contributed by atoms with E-state index in [0.29, 0.717) is 0 Å². The van der Waals surface area contributed by atoms with Crippen molar-refractivity contribution in [2.75, 3.05) is 7.11 Å². The highest BCUT2D eigenvalue weighted by Gasteiger charge is 2.18. The van der Waals surface area contributed by atoms with Gasteiger partial charge in [0, 0.05) is 22.0 Å². The normalized spacial score (nSPS) is 12.1. The van der Waals surface area contributed by atoms with Crippen LogP contribution in [0.15, 0.2) is 22.7 Å². The molecule has 0 saturated carbocycles. The van der Waals surface area contributed by atoms with Crippen molar-refractivity contribution in [2.45, 2.75) is 26.2 Å². The number of aromatic amines is 1. The number of H-pyrrole nitrogens is 1. The fraction of sp³-hybridized carbons (Fsp3) is 0.385. The van der Waals surface area contributed by atoms with Crippen LogP contribution in [0.3, 0.4) is 0 Å². The Morgan fingerprint density at radius 2 is 1.94 bits per heavy atom. The van der Waals surface area contributed by atoms with Gasteiger partial charge < -0.3 is 9.72 Å². The van der Waals surface area contributed by atoms with Gasteiger partial charge in [0.1, 0.15) is 5.75 Å². The zero-order chi connectivity index (χ0) is 11.9. The molecule has 0 amide bonds. The largest absolute Gasteiger partial charge is 0.495 e. The number of rotatable bonds is 1. The number of nitrogens with one attached hydrogen (secondary N) is 1. The summed E-state index contributed by atoms with van der Waals surface area (Å²) in [5, 5.41) is 1.13. The molecule has 0 aliphatic heterocycles. The summed E-state index contributed by atoms with van der Waals surface area (Å²) < 4.78 is 6.41. The lowest BCUT2D eigenvalue weighted by molar-refractivity contribution is 0.417. The van der Waals surface area contributed by atoms with Crippen LogP contribution in [0.25, 0.3) is 10.9 Å². The standard InChI is InChI=1S/C13H16BrNO/c1-13(2,3)11-7-8-10(15-11)6-5-9(14)12(8)16-4/h5-7,15H,1-4H3. The van der Waals surface area contributed by atoms with Crippen molar-refractivity contribution in [3.8, 4) is 5.75 Å². The van der Waals surface area contributed by atoms with Gasteiger partial charge in [-0.3, -0.25) is 0 Å². The number of methoxy groups -OCH3 is 1. The van der Waals surface area contributed by atoms with E-state index < -0.39 is 0 Å². The van der Waals surface area contributed by atoms with E-state index in [1.807, 2.05) is 6.07 Å². The lowest BCUT2D eigenvalue weighted by Crippen LogP contribution is -2.10. The molecule has 16 heavy (non-hydrogen) atoms. The van der Waals surface area contributed by atoms with Gasteiger partial charge in [-0.25, -0.2) is 0 Å². The third kappa shape index (κ3) is 1.84. The topological polar surface area (TPSA) is 25.0 Å². The first kappa shape index (κ1) is 11.5. The molecule has 1 aromatic carbocycles. The van der Waals surface area contributed by atoms with Gasteiger partial charge in [-0.05, 0) is 34.1 Å². The molecular weight excluding hydrogens is 266 g/mol.